The molecule has 1 heterocycles. The van der Waals surface area contributed by atoms with E-state index in [1.807, 2.05) is 6.26 Å². The number of rotatable bonds is 7. The molecule has 1 amide bonds. The molecule has 0 aliphatic heterocycles. The fourth-order valence-corrected chi connectivity index (χ4v) is 2.43. The van der Waals surface area contributed by atoms with Gasteiger partial charge >= 0.3 is 5.97 Å². The van der Waals surface area contributed by atoms with Gasteiger partial charge in [-0.05, 0) is 13.2 Å². The number of nitrogens with one attached hydrogen (secondary N) is 1. The lowest BCUT2D eigenvalue weighted by molar-refractivity contribution is 0.0694. The van der Waals surface area contributed by atoms with Crippen LogP contribution in [-0.2, 0) is 6.42 Å². The van der Waals surface area contributed by atoms with E-state index in [2.05, 4.69) is 5.32 Å². The minimum absolute atomic E-state index is 0.00600. The van der Waals surface area contributed by atoms with Gasteiger partial charge in [-0.3, -0.25) is 4.79 Å². The van der Waals surface area contributed by atoms with Crippen molar-refractivity contribution in [3.05, 3.63) is 23.2 Å². The highest BCUT2D eigenvalue weighted by Crippen LogP contribution is 2.17. The van der Waals surface area contributed by atoms with E-state index in [1.54, 1.807) is 13.8 Å². The van der Waals surface area contributed by atoms with E-state index in [0.29, 0.717) is 12.2 Å². The number of hydrogen-bond acceptors (Lipinski definition) is 5. The molecule has 112 valence electrons. The van der Waals surface area contributed by atoms with Crippen LogP contribution in [0.1, 0.15) is 40.5 Å². The van der Waals surface area contributed by atoms with E-state index in [4.69, 9.17) is 9.52 Å². The summed E-state index contributed by atoms with van der Waals surface area (Å²) in [6.45, 7) is 3.43. The van der Waals surface area contributed by atoms with Gasteiger partial charge in [-0.1, -0.05) is 6.92 Å². The molecule has 0 aromatic carbocycles. The summed E-state index contributed by atoms with van der Waals surface area (Å²) in [6.07, 6.45) is 2.24. The normalized spacial score (nSPS) is 13.8. The van der Waals surface area contributed by atoms with Gasteiger partial charge in [-0.2, -0.15) is 11.8 Å². The first-order chi connectivity index (χ1) is 9.30. The fraction of sp³-hybridized carbons (Fsp3) is 0.538. The number of carboxylic acid groups (broad SMARTS) is 1. The molecule has 0 aliphatic carbocycles. The summed E-state index contributed by atoms with van der Waals surface area (Å²) >= 11 is 1.47. The molecule has 1 aromatic rings. The first kappa shape index (κ1) is 16.6. The molecule has 0 saturated carbocycles. The van der Waals surface area contributed by atoms with Gasteiger partial charge in [-0.25, -0.2) is 4.79 Å². The summed E-state index contributed by atoms with van der Waals surface area (Å²) in [5, 5.41) is 21.5. The molecule has 6 nitrogen and oxygen atoms in total. The van der Waals surface area contributed by atoms with E-state index < -0.39 is 17.5 Å². The number of amides is 1. The number of hydrogen-bond donors (Lipinski definition) is 3. The van der Waals surface area contributed by atoms with Gasteiger partial charge < -0.3 is 19.9 Å². The fourth-order valence-electron chi connectivity index (χ4n) is 1.70. The Labute approximate surface area is 121 Å². The van der Waals surface area contributed by atoms with Crippen LogP contribution in [0, 0.1) is 0 Å². The number of aromatic carboxylic acids is 1. The first-order valence-electron chi connectivity index (χ1n) is 6.16. The Hall–Kier alpha value is -1.47. The monoisotopic (exact) mass is 301 g/mol. The molecule has 0 aliphatic rings. The Morgan fingerprint density at radius 1 is 1.50 bits per heavy atom. The van der Waals surface area contributed by atoms with Crippen LogP contribution in [0.4, 0.5) is 0 Å². The molecule has 0 radical (unpaired) electrons. The van der Waals surface area contributed by atoms with Crippen molar-refractivity contribution < 1.29 is 24.2 Å². The van der Waals surface area contributed by atoms with E-state index >= 15 is 0 Å². The minimum atomic E-state index is -1.13. The van der Waals surface area contributed by atoms with Crippen molar-refractivity contribution in [3.8, 4) is 0 Å². The predicted octanol–water partition coefficient (Wildman–Crippen LogP) is 1.38. The Balaban J connectivity index is 2.76. The SMILES string of the molecule is CCc1oc(C(=O)NCC(C)(O)CSC)cc1C(=O)O. The van der Waals surface area contributed by atoms with Crippen LogP contribution in [0.15, 0.2) is 10.5 Å². The maximum atomic E-state index is 11.9. The molecule has 20 heavy (non-hydrogen) atoms. The highest BCUT2D eigenvalue weighted by molar-refractivity contribution is 7.98. The lowest BCUT2D eigenvalue weighted by atomic mass is 10.1. The highest BCUT2D eigenvalue weighted by atomic mass is 32.2. The summed E-state index contributed by atoms with van der Waals surface area (Å²) in [7, 11) is 0. The average molecular weight is 301 g/mol. The van der Waals surface area contributed by atoms with Crippen LogP contribution in [0.25, 0.3) is 0 Å². The van der Waals surface area contributed by atoms with Crippen LogP contribution in [0.2, 0.25) is 0 Å². The molecular weight excluding hydrogens is 282 g/mol. The lowest BCUT2D eigenvalue weighted by Gasteiger charge is -2.22. The van der Waals surface area contributed by atoms with Gasteiger partial charge in [0.15, 0.2) is 5.76 Å². The average Bonchev–Trinajstić information content (AvgIpc) is 2.80. The van der Waals surface area contributed by atoms with Gasteiger partial charge in [0.2, 0.25) is 0 Å². The Morgan fingerprint density at radius 2 is 2.15 bits per heavy atom. The van der Waals surface area contributed by atoms with Crippen LogP contribution >= 0.6 is 11.8 Å². The third-order valence-corrected chi connectivity index (χ3v) is 3.58. The molecule has 1 atom stereocenters. The predicted molar refractivity (Wildman–Crippen MR) is 76.4 cm³/mol. The molecule has 0 fully saturated rings. The Kier molecular flexibility index (Phi) is 5.64. The Morgan fingerprint density at radius 3 is 2.60 bits per heavy atom. The zero-order chi connectivity index (χ0) is 15.3. The zero-order valence-corrected chi connectivity index (χ0v) is 12.5. The lowest BCUT2D eigenvalue weighted by Crippen LogP contribution is -2.42. The molecule has 3 N–H and O–H groups in total. The topological polar surface area (TPSA) is 99.8 Å². The maximum absolute atomic E-state index is 11.9. The van der Waals surface area contributed by atoms with Crippen molar-refractivity contribution in [2.45, 2.75) is 25.9 Å². The van der Waals surface area contributed by atoms with E-state index in [-0.39, 0.29) is 23.6 Å². The van der Waals surface area contributed by atoms with Gasteiger partial charge in [0.1, 0.15) is 11.3 Å². The first-order valence-corrected chi connectivity index (χ1v) is 7.55. The van der Waals surface area contributed by atoms with Crippen molar-refractivity contribution in [1.29, 1.82) is 0 Å². The standard InChI is InChI=1S/C13H19NO5S/c1-4-9-8(12(16)17)5-10(19-9)11(15)14-6-13(2,18)7-20-3/h5,18H,4,6-7H2,1-3H3,(H,14,15)(H,16,17). The molecule has 1 unspecified atom stereocenters. The highest BCUT2D eigenvalue weighted by Gasteiger charge is 2.24. The van der Waals surface area contributed by atoms with E-state index in [0.717, 1.165) is 0 Å². The smallest absolute Gasteiger partial charge is 0.339 e. The van der Waals surface area contributed by atoms with Crippen LogP contribution in [0.5, 0.6) is 0 Å². The maximum Gasteiger partial charge on any atom is 0.339 e. The zero-order valence-electron chi connectivity index (χ0n) is 11.7. The number of furan rings is 1. The Bertz CT molecular complexity index is 495. The molecule has 1 aromatic heterocycles. The van der Waals surface area contributed by atoms with Crippen molar-refractivity contribution in [2.75, 3.05) is 18.6 Å². The quantitative estimate of drug-likeness (QED) is 0.703. The van der Waals surface area contributed by atoms with Crippen LogP contribution in [-0.4, -0.2) is 46.2 Å². The number of aryl methyl sites for hydroxylation is 1. The van der Waals surface area contributed by atoms with Crippen molar-refractivity contribution in [2.24, 2.45) is 0 Å². The second kappa shape index (κ2) is 6.81. The van der Waals surface area contributed by atoms with E-state index in [1.165, 1.54) is 17.8 Å². The summed E-state index contributed by atoms with van der Waals surface area (Å²) in [6, 6.07) is 1.21. The number of carboxylic acids is 1. The number of aliphatic hydroxyl groups is 1. The van der Waals surface area contributed by atoms with Gasteiger partial charge in [-0.15, -0.1) is 0 Å². The van der Waals surface area contributed by atoms with Crippen LogP contribution in [0.3, 0.4) is 0 Å². The summed E-state index contributed by atoms with van der Waals surface area (Å²) in [5.41, 5.74) is -1.03. The number of carbonyl (C=O) groups is 2. The largest absolute Gasteiger partial charge is 0.478 e. The van der Waals surface area contributed by atoms with Crippen molar-refractivity contribution in [1.82, 2.24) is 5.32 Å². The molecule has 0 spiro atoms. The molecular formula is C13H19NO5S. The van der Waals surface area contributed by atoms with Crippen LogP contribution < -0.4 is 5.32 Å². The second-order valence-electron chi connectivity index (χ2n) is 4.72. The molecule has 0 bridgehead atoms. The number of carbonyl (C=O) groups excluding carboxylic acids is 1. The second-order valence-corrected chi connectivity index (χ2v) is 5.58. The molecule has 1 rings (SSSR count). The van der Waals surface area contributed by atoms with Crippen molar-refractivity contribution in [3.63, 3.8) is 0 Å². The van der Waals surface area contributed by atoms with Gasteiger partial charge in [0, 0.05) is 24.8 Å². The third kappa shape index (κ3) is 4.28. The summed E-state index contributed by atoms with van der Waals surface area (Å²) < 4.78 is 5.23. The minimum Gasteiger partial charge on any atom is -0.478 e. The number of thioether (sulfide) groups is 1. The van der Waals surface area contributed by atoms with Gasteiger partial charge in [0.25, 0.3) is 5.91 Å². The summed E-state index contributed by atoms with van der Waals surface area (Å²) in [5.74, 6) is -0.975. The summed E-state index contributed by atoms with van der Waals surface area (Å²) in [4.78, 5) is 22.9. The van der Waals surface area contributed by atoms with E-state index in [9.17, 15) is 14.7 Å². The van der Waals surface area contributed by atoms with Gasteiger partial charge in [0.05, 0.1) is 5.60 Å². The molecule has 7 heteroatoms. The molecule has 0 saturated heterocycles. The van der Waals surface area contributed by atoms with Crippen molar-refractivity contribution >= 4 is 23.6 Å². The third-order valence-electron chi connectivity index (χ3n) is 2.67.